The molecule has 2 rings (SSSR count). The predicted molar refractivity (Wildman–Crippen MR) is 71.4 cm³/mol. The molecule has 0 aliphatic rings. The quantitative estimate of drug-likeness (QED) is 0.846. The molecule has 0 aliphatic heterocycles. The van der Waals surface area contributed by atoms with Crippen LogP contribution in [0.15, 0.2) is 30.6 Å². The second-order valence-electron chi connectivity index (χ2n) is 4.22. The zero-order valence-electron chi connectivity index (χ0n) is 10.7. The number of aryl methyl sites for hydroxylation is 1. The summed E-state index contributed by atoms with van der Waals surface area (Å²) in [6.07, 6.45) is 2.40. The Morgan fingerprint density at radius 1 is 1.47 bits per heavy atom. The van der Waals surface area contributed by atoms with Crippen molar-refractivity contribution in [2.75, 3.05) is 11.9 Å². The number of hydrogen-bond donors (Lipinski definition) is 2. The smallest absolute Gasteiger partial charge is 0.224 e. The summed E-state index contributed by atoms with van der Waals surface area (Å²) in [6, 6.07) is 7.43. The molecule has 0 unspecified atom stereocenters. The Labute approximate surface area is 111 Å². The highest BCUT2D eigenvalue weighted by Gasteiger charge is 2.07. The van der Waals surface area contributed by atoms with Gasteiger partial charge < -0.3 is 15.0 Å². The van der Waals surface area contributed by atoms with Gasteiger partial charge in [0.15, 0.2) is 5.82 Å². The summed E-state index contributed by atoms with van der Waals surface area (Å²) in [5, 5.41) is 19.3. The lowest BCUT2D eigenvalue weighted by atomic mass is 10.2. The number of aliphatic hydroxyl groups excluding tert-OH is 1. The fourth-order valence-corrected chi connectivity index (χ4v) is 1.74. The second kappa shape index (κ2) is 6.10. The van der Waals surface area contributed by atoms with Crippen molar-refractivity contribution in [1.82, 2.24) is 14.8 Å². The number of hydrogen-bond acceptors (Lipinski definition) is 4. The Hall–Kier alpha value is -2.21. The fourth-order valence-electron chi connectivity index (χ4n) is 1.74. The highest BCUT2D eigenvalue weighted by atomic mass is 16.3. The van der Waals surface area contributed by atoms with Crippen molar-refractivity contribution < 1.29 is 9.90 Å². The molecule has 0 spiro atoms. The number of aromatic nitrogens is 3. The molecule has 0 atom stereocenters. The summed E-state index contributed by atoms with van der Waals surface area (Å²) in [5.74, 6) is 0.635. The lowest BCUT2D eigenvalue weighted by molar-refractivity contribution is -0.116. The van der Waals surface area contributed by atoms with Gasteiger partial charge in [0.1, 0.15) is 6.33 Å². The van der Waals surface area contributed by atoms with Crippen LogP contribution in [0.3, 0.4) is 0 Å². The van der Waals surface area contributed by atoms with E-state index < -0.39 is 0 Å². The number of rotatable bonds is 5. The topological polar surface area (TPSA) is 80.0 Å². The molecule has 0 fully saturated rings. The van der Waals surface area contributed by atoms with Crippen LogP contribution in [0.25, 0.3) is 11.4 Å². The third kappa shape index (κ3) is 3.38. The van der Waals surface area contributed by atoms with E-state index in [-0.39, 0.29) is 12.5 Å². The number of carbonyl (C=O) groups is 1. The van der Waals surface area contributed by atoms with Gasteiger partial charge >= 0.3 is 0 Å². The molecule has 100 valence electrons. The van der Waals surface area contributed by atoms with Gasteiger partial charge in [-0.1, -0.05) is 12.1 Å². The molecule has 0 aliphatic carbocycles. The Bertz CT molecular complexity index is 565. The third-order valence-electron chi connectivity index (χ3n) is 2.68. The SMILES string of the molecule is Cn1cnnc1-c1cccc(NC(=O)CCCO)c1. The third-order valence-corrected chi connectivity index (χ3v) is 2.68. The first-order valence-electron chi connectivity index (χ1n) is 6.06. The predicted octanol–water partition coefficient (Wildman–Crippen LogP) is 1.19. The Morgan fingerprint density at radius 2 is 2.32 bits per heavy atom. The van der Waals surface area contributed by atoms with E-state index in [0.29, 0.717) is 18.5 Å². The van der Waals surface area contributed by atoms with E-state index in [2.05, 4.69) is 15.5 Å². The van der Waals surface area contributed by atoms with Gasteiger partial charge in [-0.2, -0.15) is 0 Å². The molecule has 0 radical (unpaired) electrons. The van der Waals surface area contributed by atoms with Crippen LogP contribution in [-0.4, -0.2) is 32.4 Å². The molecular weight excluding hydrogens is 244 g/mol. The number of nitrogens with zero attached hydrogens (tertiary/aromatic N) is 3. The molecule has 2 aromatic rings. The number of nitrogens with one attached hydrogen (secondary N) is 1. The van der Waals surface area contributed by atoms with E-state index >= 15 is 0 Å². The largest absolute Gasteiger partial charge is 0.396 e. The van der Waals surface area contributed by atoms with Crippen molar-refractivity contribution in [1.29, 1.82) is 0 Å². The zero-order valence-corrected chi connectivity index (χ0v) is 10.7. The summed E-state index contributed by atoms with van der Waals surface area (Å²) >= 11 is 0. The molecular formula is C13H16N4O2. The van der Waals surface area contributed by atoms with Crippen molar-refractivity contribution in [3.63, 3.8) is 0 Å². The molecule has 19 heavy (non-hydrogen) atoms. The highest BCUT2D eigenvalue weighted by molar-refractivity contribution is 5.91. The van der Waals surface area contributed by atoms with Gasteiger partial charge in [0.25, 0.3) is 0 Å². The molecule has 0 bridgehead atoms. The minimum atomic E-state index is -0.107. The zero-order chi connectivity index (χ0) is 13.7. The van der Waals surface area contributed by atoms with Crippen LogP contribution in [0.4, 0.5) is 5.69 Å². The first-order chi connectivity index (χ1) is 9.20. The molecule has 1 aromatic heterocycles. The van der Waals surface area contributed by atoms with E-state index in [0.717, 1.165) is 11.4 Å². The summed E-state index contributed by atoms with van der Waals surface area (Å²) in [7, 11) is 1.86. The average molecular weight is 260 g/mol. The maximum absolute atomic E-state index is 11.6. The van der Waals surface area contributed by atoms with Crippen LogP contribution in [0.5, 0.6) is 0 Å². The molecule has 0 saturated heterocycles. The molecule has 6 heteroatoms. The molecule has 1 amide bonds. The number of aliphatic hydroxyl groups is 1. The van der Waals surface area contributed by atoms with Gasteiger partial charge in [0.05, 0.1) is 0 Å². The lowest BCUT2D eigenvalue weighted by Crippen LogP contribution is -2.11. The summed E-state index contributed by atoms with van der Waals surface area (Å²) in [6.45, 7) is 0.0202. The van der Waals surface area contributed by atoms with E-state index in [9.17, 15) is 4.79 Å². The van der Waals surface area contributed by atoms with Crippen LogP contribution >= 0.6 is 0 Å². The Kier molecular flexibility index (Phi) is 4.25. The van der Waals surface area contributed by atoms with E-state index in [1.807, 2.05) is 35.9 Å². The van der Waals surface area contributed by atoms with Crippen molar-refractivity contribution in [3.8, 4) is 11.4 Å². The van der Waals surface area contributed by atoms with E-state index in [4.69, 9.17) is 5.11 Å². The van der Waals surface area contributed by atoms with E-state index in [1.54, 1.807) is 6.33 Å². The number of anilines is 1. The maximum Gasteiger partial charge on any atom is 0.224 e. The molecule has 1 heterocycles. The van der Waals surface area contributed by atoms with Gasteiger partial charge in [0, 0.05) is 31.3 Å². The van der Waals surface area contributed by atoms with Gasteiger partial charge in [-0.3, -0.25) is 4.79 Å². The van der Waals surface area contributed by atoms with Crippen LogP contribution < -0.4 is 5.32 Å². The molecule has 6 nitrogen and oxygen atoms in total. The summed E-state index contributed by atoms with van der Waals surface area (Å²) in [4.78, 5) is 11.6. The summed E-state index contributed by atoms with van der Waals surface area (Å²) < 4.78 is 1.81. The molecule has 0 saturated carbocycles. The number of benzene rings is 1. The van der Waals surface area contributed by atoms with Crippen molar-refractivity contribution in [3.05, 3.63) is 30.6 Å². The number of amides is 1. The Morgan fingerprint density at radius 3 is 3.00 bits per heavy atom. The second-order valence-corrected chi connectivity index (χ2v) is 4.22. The van der Waals surface area contributed by atoms with Gasteiger partial charge in [-0.05, 0) is 18.6 Å². The van der Waals surface area contributed by atoms with Crippen molar-refractivity contribution >= 4 is 11.6 Å². The minimum absolute atomic E-state index is 0.0202. The fraction of sp³-hybridized carbons (Fsp3) is 0.308. The number of carbonyl (C=O) groups excluding carboxylic acids is 1. The molecule has 1 aromatic carbocycles. The van der Waals surface area contributed by atoms with Crippen LogP contribution in [0.2, 0.25) is 0 Å². The monoisotopic (exact) mass is 260 g/mol. The maximum atomic E-state index is 11.6. The average Bonchev–Trinajstić information content (AvgIpc) is 2.83. The lowest BCUT2D eigenvalue weighted by Gasteiger charge is -2.06. The van der Waals surface area contributed by atoms with Gasteiger partial charge in [0.2, 0.25) is 5.91 Å². The minimum Gasteiger partial charge on any atom is -0.396 e. The standard InChI is InChI=1S/C13H16N4O2/c1-17-9-14-16-13(17)10-4-2-5-11(8-10)15-12(19)6-3-7-18/h2,4-5,8-9,18H,3,6-7H2,1H3,(H,15,19). The molecule has 2 N–H and O–H groups in total. The summed E-state index contributed by atoms with van der Waals surface area (Å²) in [5.41, 5.74) is 1.60. The first kappa shape index (κ1) is 13.2. The van der Waals surface area contributed by atoms with Gasteiger partial charge in [-0.25, -0.2) is 0 Å². The normalized spacial score (nSPS) is 10.4. The van der Waals surface area contributed by atoms with Crippen LogP contribution in [-0.2, 0) is 11.8 Å². The van der Waals surface area contributed by atoms with Crippen LogP contribution in [0, 0.1) is 0 Å². The van der Waals surface area contributed by atoms with Crippen molar-refractivity contribution in [2.45, 2.75) is 12.8 Å². The highest BCUT2D eigenvalue weighted by Crippen LogP contribution is 2.20. The van der Waals surface area contributed by atoms with Crippen LogP contribution in [0.1, 0.15) is 12.8 Å². The van der Waals surface area contributed by atoms with Gasteiger partial charge in [-0.15, -0.1) is 10.2 Å². The first-order valence-corrected chi connectivity index (χ1v) is 6.06. The van der Waals surface area contributed by atoms with Crippen molar-refractivity contribution in [2.24, 2.45) is 7.05 Å². The Balaban J connectivity index is 2.12. The van der Waals surface area contributed by atoms with E-state index in [1.165, 1.54) is 0 Å².